The van der Waals surface area contributed by atoms with E-state index in [1.807, 2.05) is 31.2 Å². The Morgan fingerprint density at radius 2 is 1.38 bits per heavy atom. The van der Waals surface area contributed by atoms with E-state index in [1.165, 1.54) is 13.8 Å². The molecule has 73 heavy (non-hydrogen) atoms. The van der Waals surface area contributed by atoms with Crippen LogP contribution in [0.3, 0.4) is 0 Å². The van der Waals surface area contributed by atoms with Crippen LogP contribution in [0.1, 0.15) is 102 Å². The van der Waals surface area contributed by atoms with Gasteiger partial charge in [-0.3, -0.25) is 54.0 Å². The standard InChI is InChI=1S/C49H71N15O9/c1-4-5-16-34(58-29(3)65)43(68)60-37-20-21-40(66)55-25-22-38(46(71)63-39(42(51)67)26-31-27-57-33-17-10-9-15-32(31)33)61-44(69)35(19-12-24-56-49(52)53)62-48(73)41(30-13-7-6-8-14-30)64-47(72)36(59-45(37)70)18-11-23-54-28(2)50/h6-10,13-15,17,27,34-39,41,57H,4-5,11-12,16,18-26H2,1-3H3,(H2,50,54)(H2,51,67)(H,55,66)(H,58,65)(H,59,70)(H,60,68)(H,61,69)(H,62,73)(H,63,71)(H,64,72)(H4,52,53,56)/t34-,35-,36-,37-,38-,39-,41?/m0/s1. The van der Waals surface area contributed by atoms with Crippen LogP contribution in [0.2, 0.25) is 0 Å². The molecule has 24 nitrogen and oxygen atoms in total. The van der Waals surface area contributed by atoms with Crippen LogP contribution < -0.4 is 64.6 Å². The number of para-hydroxylation sites is 1. The normalized spacial score (nSPS) is 20.1. The fraction of sp³-hybridized carbons (Fsp3) is 0.490. The number of hydrogen-bond acceptors (Lipinski definition) is 11. The molecule has 17 N–H and O–H groups in total. The zero-order chi connectivity index (χ0) is 53.5. The van der Waals surface area contributed by atoms with Crippen molar-refractivity contribution in [3.05, 3.63) is 71.9 Å². The number of carbonyl (C=O) groups is 9. The molecular formula is C49H71N15O9. The van der Waals surface area contributed by atoms with Gasteiger partial charge in [0.2, 0.25) is 53.2 Å². The maximum Gasteiger partial charge on any atom is 0.247 e. The van der Waals surface area contributed by atoms with Crippen molar-refractivity contribution in [3.63, 3.8) is 0 Å². The van der Waals surface area contributed by atoms with Crippen LogP contribution in [0, 0.1) is 10.8 Å². The van der Waals surface area contributed by atoms with Crippen LogP contribution in [0.5, 0.6) is 0 Å². The van der Waals surface area contributed by atoms with Crippen LogP contribution in [-0.4, -0.2) is 126 Å². The van der Waals surface area contributed by atoms with Crippen LogP contribution in [0.4, 0.5) is 0 Å². The molecule has 1 aliphatic heterocycles. The number of rotatable bonds is 20. The number of aromatic amines is 1. The number of H-pyrrole nitrogens is 1. The lowest BCUT2D eigenvalue weighted by molar-refractivity contribution is -0.136. The Balaban J connectivity index is 1.76. The summed E-state index contributed by atoms with van der Waals surface area (Å²) >= 11 is 0. The molecule has 7 atom stereocenters. The van der Waals surface area contributed by atoms with Crippen LogP contribution in [-0.2, 0) is 49.6 Å². The number of primary amides is 1. The van der Waals surface area contributed by atoms with Crippen molar-refractivity contribution in [1.29, 1.82) is 10.8 Å². The second-order valence-corrected chi connectivity index (χ2v) is 17.9. The second kappa shape index (κ2) is 29.3. The number of carbonyl (C=O) groups excluding carboxylic acids is 9. The highest BCUT2D eigenvalue weighted by Crippen LogP contribution is 2.20. The molecule has 396 valence electrons. The van der Waals surface area contributed by atoms with E-state index in [0.717, 1.165) is 10.9 Å². The summed E-state index contributed by atoms with van der Waals surface area (Å²) in [5.41, 5.74) is 13.1. The number of amidine groups is 1. The van der Waals surface area contributed by atoms with E-state index in [4.69, 9.17) is 22.3 Å². The van der Waals surface area contributed by atoms with E-state index in [-0.39, 0.29) is 89.2 Å². The summed E-state index contributed by atoms with van der Waals surface area (Å²) in [6, 6.07) is 6.04. The van der Waals surface area contributed by atoms with Gasteiger partial charge in [-0.25, -0.2) is 0 Å². The summed E-state index contributed by atoms with van der Waals surface area (Å²) in [7, 11) is 0. The van der Waals surface area contributed by atoms with Crippen molar-refractivity contribution in [2.45, 2.75) is 134 Å². The zero-order valence-corrected chi connectivity index (χ0v) is 41.5. The summed E-state index contributed by atoms with van der Waals surface area (Å²) in [6.07, 6.45) is 2.57. The van der Waals surface area contributed by atoms with E-state index < -0.39 is 95.5 Å². The number of guanidine groups is 1. The molecule has 1 aliphatic rings. The molecule has 0 radical (unpaired) electrons. The van der Waals surface area contributed by atoms with Crippen LogP contribution in [0.15, 0.2) is 60.8 Å². The van der Waals surface area contributed by atoms with E-state index in [1.54, 1.807) is 36.5 Å². The third-order valence-electron chi connectivity index (χ3n) is 12.0. The van der Waals surface area contributed by atoms with Gasteiger partial charge in [0.25, 0.3) is 0 Å². The number of nitrogens with two attached hydrogens (primary N) is 2. The molecule has 0 aliphatic carbocycles. The summed E-state index contributed by atoms with van der Waals surface area (Å²) < 4.78 is 0. The predicted octanol–water partition coefficient (Wildman–Crippen LogP) is -0.898. The number of fused-ring (bicyclic) bond motifs is 1. The van der Waals surface area contributed by atoms with Crippen molar-refractivity contribution < 1.29 is 43.2 Å². The van der Waals surface area contributed by atoms with Crippen LogP contribution in [0.25, 0.3) is 10.9 Å². The molecule has 4 rings (SSSR count). The maximum atomic E-state index is 14.6. The first kappa shape index (κ1) is 57.5. The van der Waals surface area contributed by atoms with Crippen LogP contribution >= 0.6 is 0 Å². The number of unbranched alkanes of at least 4 members (excludes halogenated alkanes) is 1. The number of aromatic nitrogens is 1. The van der Waals surface area contributed by atoms with Gasteiger partial charge in [0.05, 0.1) is 5.84 Å². The van der Waals surface area contributed by atoms with Gasteiger partial charge < -0.3 is 69.6 Å². The highest BCUT2D eigenvalue weighted by molar-refractivity contribution is 5.98. The van der Waals surface area contributed by atoms with E-state index in [9.17, 15) is 43.2 Å². The molecule has 9 amide bonds. The van der Waals surface area contributed by atoms with E-state index in [0.29, 0.717) is 24.0 Å². The largest absolute Gasteiger partial charge is 0.374 e. The fourth-order valence-corrected chi connectivity index (χ4v) is 8.10. The Morgan fingerprint density at radius 3 is 2.03 bits per heavy atom. The summed E-state index contributed by atoms with van der Waals surface area (Å²) in [6.45, 7) is 4.79. The number of amides is 9. The Hall–Kier alpha value is -8.05. The number of nitrogens with one attached hydrogen (secondary N) is 13. The average Bonchev–Trinajstić information content (AvgIpc) is 3.76. The third kappa shape index (κ3) is 19.2. The van der Waals surface area contributed by atoms with Crippen molar-refractivity contribution in [1.82, 2.24) is 58.2 Å². The fourth-order valence-electron chi connectivity index (χ4n) is 8.10. The molecule has 1 fully saturated rings. The lowest BCUT2D eigenvalue weighted by atomic mass is 10.0. The zero-order valence-electron chi connectivity index (χ0n) is 41.5. The topological polar surface area (TPSA) is 389 Å². The molecule has 1 saturated heterocycles. The molecule has 1 aromatic heterocycles. The Bertz CT molecular complexity index is 2430. The molecule has 24 heteroatoms. The van der Waals surface area contributed by atoms with Crippen molar-refractivity contribution in [2.24, 2.45) is 11.5 Å². The Kier molecular flexibility index (Phi) is 23.1. The molecular weight excluding hydrogens is 943 g/mol. The third-order valence-corrected chi connectivity index (χ3v) is 12.0. The van der Waals surface area contributed by atoms with Gasteiger partial charge in [0.15, 0.2) is 5.96 Å². The van der Waals surface area contributed by atoms with Gasteiger partial charge in [-0.2, -0.15) is 0 Å². The SMILES string of the molecule is CCCC[C@H](NC(C)=O)C(=O)N[C@H]1CCC(=O)NCC[C@@H](C(=O)N[C@@H](Cc2c[nH]c3ccccc23)C(N)=O)NC(=O)[C@H](CCCNC(=N)N)NC(=O)C(c2ccccc2)NC(=O)[C@H](CCCNC(C)=N)NC1=O. The molecule has 1 unspecified atom stereocenters. The molecule has 2 heterocycles. The minimum absolute atomic E-state index is 0.0203. The van der Waals surface area contributed by atoms with Gasteiger partial charge in [0.1, 0.15) is 42.3 Å². The van der Waals surface area contributed by atoms with Gasteiger partial charge in [0, 0.05) is 56.5 Å². The number of hydrogen-bond donors (Lipinski definition) is 15. The van der Waals surface area contributed by atoms with E-state index >= 15 is 0 Å². The Labute approximate surface area is 423 Å². The first-order chi connectivity index (χ1) is 34.9. The molecule has 0 spiro atoms. The highest BCUT2D eigenvalue weighted by Gasteiger charge is 2.35. The molecule has 0 bridgehead atoms. The van der Waals surface area contributed by atoms with Gasteiger partial charge in [-0.1, -0.05) is 68.3 Å². The highest BCUT2D eigenvalue weighted by atomic mass is 16.2. The summed E-state index contributed by atoms with van der Waals surface area (Å²) in [4.78, 5) is 127. The van der Waals surface area contributed by atoms with Crippen molar-refractivity contribution in [3.8, 4) is 0 Å². The lowest BCUT2D eigenvalue weighted by Gasteiger charge is -2.28. The summed E-state index contributed by atoms with van der Waals surface area (Å²) in [5.74, 6) is -7.08. The molecule has 0 saturated carbocycles. The molecule has 2 aromatic carbocycles. The first-order valence-corrected chi connectivity index (χ1v) is 24.5. The maximum absolute atomic E-state index is 14.6. The first-order valence-electron chi connectivity index (χ1n) is 24.5. The molecule has 3 aromatic rings. The van der Waals surface area contributed by atoms with Gasteiger partial charge in [-0.15, -0.1) is 0 Å². The minimum atomic E-state index is -1.47. The predicted molar refractivity (Wildman–Crippen MR) is 272 cm³/mol. The van der Waals surface area contributed by atoms with E-state index in [2.05, 4.69) is 58.2 Å². The lowest BCUT2D eigenvalue weighted by Crippen LogP contribution is -2.58. The van der Waals surface area contributed by atoms with Gasteiger partial charge in [-0.05, 0) is 69.1 Å². The second-order valence-electron chi connectivity index (χ2n) is 17.9. The van der Waals surface area contributed by atoms with Crippen molar-refractivity contribution in [2.75, 3.05) is 19.6 Å². The Morgan fingerprint density at radius 1 is 0.740 bits per heavy atom. The average molecular weight is 1010 g/mol. The van der Waals surface area contributed by atoms with Gasteiger partial charge >= 0.3 is 0 Å². The summed E-state index contributed by atoms with van der Waals surface area (Å²) in [5, 5.41) is 43.0. The smallest absolute Gasteiger partial charge is 0.247 e. The number of benzene rings is 2. The van der Waals surface area contributed by atoms with Crippen molar-refractivity contribution >= 4 is 75.9 Å². The minimum Gasteiger partial charge on any atom is -0.374 e. The monoisotopic (exact) mass is 1010 g/mol. The quantitative estimate of drug-likeness (QED) is 0.0372.